The second-order valence-corrected chi connectivity index (χ2v) is 5.34. The first kappa shape index (κ1) is 12.3. The quantitative estimate of drug-likeness (QED) is 0.774. The van der Waals surface area contributed by atoms with E-state index in [1.54, 1.807) is 0 Å². The van der Waals surface area contributed by atoms with Crippen LogP contribution in [0.15, 0.2) is 0 Å². The summed E-state index contributed by atoms with van der Waals surface area (Å²) >= 11 is 0. The minimum absolute atomic E-state index is 0.676. The molecule has 0 aromatic heterocycles. The Bertz CT molecular complexity index is 203. The molecule has 0 bridgehead atoms. The Morgan fingerprint density at radius 1 is 1.25 bits per heavy atom. The summed E-state index contributed by atoms with van der Waals surface area (Å²) < 4.78 is 0. The molecular formula is C13H27N3. The van der Waals surface area contributed by atoms with Crippen molar-refractivity contribution in [2.24, 2.45) is 0 Å². The standard InChI is InChI=1S/C13H27N3/c1-3-12(14-2)10-15-8-9-16-7-5-4-6-13(16)11-15/h12-14H,3-11H2,1-2H3. The maximum Gasteiger partial charge on any atom is 0.0223 e. The van der Waals surface area contributed by atoms with Gasteiger partial charge >= 0.3 is 0 Å². The van der Waals surface area contributed by atoms with Gasteiger partial charge in [-0.3, -0.25) is 9.80 Å². The smallest absolute Gasteiger partial charge is 0.0223 e. The van der Waals surface area contributed by atoms with Gasteiger partial charge in [-0.2, -0.15) is 0 Å². The molecule has 0 amide bonds. The molecule has 2 saturated heterocycles. The predicted molar refractivity (Wildman–Crippen MR) is 68.8 cm³/mol. The highest BCUT2D eigenvalue weighted by molar-refractivity contribution is 4.86. The molecule has 0 radical (unpaired) electrons. The molecule has 2 aliphatic heterocycles. The lowest BCUT2D eigenvalue weighted by Gasteiger charge is -2.44. The van der Waals surface area contributed by atoms with E-state index < -0.39 is 0 Å². The molecular weight excluding hydrogens is 198 g/mol. The molecule has 0 aliphatic carbocycles. The first-order valence-electron chi connectivity index (χ1n) is 6.97. The zero-order valence-electron chi connectivity index (χ0n) is 10.9. The molecule has 2 fully saturated rings. The van der Waals surface area contributed by atoms with E-state index >= 15 is 0 Å². The molecule has 0 aromatic carbocycles. The summed E-state index contributed by atoms with van der Waals surface area (Å²) in [5, 5.41) is 3.42. The van der Waals surface area contributed by atoms with Crippen LogP contribution in [-0.4, -0.2) is 61.7 Å². The van der Waals surface area contributed by atoms with Crippen LogP contribution in [0, 0.1) is 0 Å². The van der Waals surface area contributed by atoms with E-state index in [4.69, 9.17) is 0 Å². The second-order valence-electron chi connectivity index (χ2n) is 5.34. The van der Waals surface area contributed by atoms with Crippen LogP contribution < -0.4 is 5.32 Å². The molecule has 2 atom stereocenters. The Morgan fingerprint density at radius 3 is 2.88 bits per heavy atom. The van der Waals surface area contributed by atoms with Crippen molar-refractivity contribution in [2.45, 2.75) is 44.7 Å². The van der Waals surface area contributed by atoms with Crippen molar-refractivity contribution < 1.29 is 0 Å². The van der Waals surface area contributed by atoms with Gasteiger partial charge in [0, 0.05) is 38.3 Å². The van der Waals surface area contributed by atoms with Crippen LogP contribution in [0.4, 0.5) is 0 Å². The Labute approximate surface area is 100 Å². The fraction of sp³-hybridized carbons (Fsp3) is 1.00. The topological polar surface area (TPSA) is 18.5 Å². The van der Waals surface area contributed by atoms with Crippen molar-refractivity contribution in [2.75, 3.05) is 39.8 Å². The van der Waals surface area contributed by atoms with E-state index in [1.807, 2.05) is 0 Å². The summed E-state index contributed by atoms with van der Waals surface area (Å²) in [5.74, 6) is 0. The van der Waals surface area contributed by atoms with Gasteiger partial charge in [-0.1, -0.05) is 13.3 Å². The SMILES string of the molecule is CCC(CN1CCN2CCCCC2C1)NC. The molecule has 2 rings (SSSR count). The molecule has 3 nitrogen and oxygen atoms in total. The van der Waals surface area contributed by atoms with Crippen molar-refractivity contribution in [1.82, 2.24) is 15.1 Å². The number of nitrogens with one attached hydrogen (secondary N) is 1. The van der Waals surface area contributed by atoms with Crippen LogP contribution in [0.2, 0.25) is 0 Å². The summed E-state index contributed by atoms with van der Waals surface area (Å²) in [6.45, 7) is 8.73. The van der Waals surface area contributed by atoms with Gasteiger partial charge in [0.15, 0.2) is 0 Å². The maximum absolute atomic E-state index is 3.42. The second kappa shape index (κ2) is 5.99. The lowest BCUT2D eigenvalue weighted by Crippen LogP contribution is -2.56. The lowest BCUT2D eigenvalue weighted by molar-refractivity contribution is 0.0450. The molecule has 0 aromatic rings. The maximum atomic E-state index is 3.42. The molecule has 2 heterocycles. The summed E-state index contributed by atoms with van der Waals surface area (Å²) in [7, 11) is 2.09. The van der Waals surface area contributed by atoms with Crippen LogP contribution >= 0.6 is 0 Å². The monoisotopic (exact) mass is 225 g/mol. The Kier molecular flexibility index (Phi) is 4.62. The summed E-state index contributed by atoms with van der Waals surface area (Å²) in [4.78, 5) is 5.37. The van der Waals surface area contributed by atoms with Gasteiger partial charge in [-0.25, -0.2) is 0 Å². The van der Waals surface area contributed by atoms with Crippen LogP contribution in [-0.2, 0) is 0 Å². The van der Waals surface area contributed by atoms with E-state index in [9.17, 15) is 0 Å². The summed E-state index contributed by atoms with van der Waals surface area (Å²) in [5.41, 5.74) is 0. The van der Waals surface area contributed by atoms with Crippen molar-refractivity contribution in [1.29, 1.82) is 0 Å². The zero-order valence-corrected chi connectivity index (χ0v) is 10.9. The molecule has 0 saturated carbocycles. The van der Waals surface area contributed by atoms with Crippen molar-refractivity contribution in [3.63, 3.8) is 0 Å². The van der Waals surface area contributed by atoms with Crippen LogP contribution in [0.25, 0.3) is 0 Å². The number of likely N-dealkylation sites (N-methyl/N-ethyl adjacent to an activating group) is 1. The average molecular weight is 225 g/mol. The Hall–Kier alpha value is -0.120. The third-order valence-electron chi connectivity index (χ3n) is 4.30. The minimum atomic E-state index is 0.676. The largest absolute Gasteiger partial charge is 0.316 e. The number of nitrogens with zero attached hydrogens (tertiary/aromatic N) is 2. The van der Waals surface area contributed by atoms with Crippen LogP contribution in [0.5, 0.6) is 0 Å². The van der Waals surface area contributed by atoms with Crippen molar-refractivity contribution >= 4 is 0 Å². The first-order valence-corrected chi connectivity index (χ1v) is 6.97. The third kappa shape index (κ3) is 2.96. The van der Waals surface area contributed by atoms with Gasteiger partial charge in [-0.15, -0.1) is 0 Å². The fourth-order valence-corrected chi connectivity index (χ4v) is 3.12. The number of hydrogen-bond acceptors (Lipinski definition) is 3. The highest BCUT2D eigenvalue weighted by atomic mass is 15.3. The Morgan fingerprint density at radius 2 is 2.12 bits per heavy atom. The Balaban J connectivity index is 1.80. The number of hydrogen-bond donors (Lipinski definition) is 1. The summed E-state index contributed by atoms with van der Waals surface area (Å²) in [6.07, 6.45) is 5.52. The van der Waals surface area contributed by atoms with Gasteiger partial charge in [0.2, 0.25) is 0 Å². The van der Waals surface area contributed by atoms with Gasteiger partial charge in [-0.05, 0) is 32.9 Å². The van der Waals surface area contributed by atoms with Crippen LogP contribution in [0.1, 0.15) is 32.6 Å². The molecule has 94 valence electrons. The van der Waals surface area contributed by atoms with Crippen molar-refractivity contribution in [3.8, 4) is 0 Å². The number of rotatable bonds is 4. The number of piperazine rings is 1. The molecule has 2 unspecified atom stereocenters. The highest BCUT2D eigenvalue weighted by Crippen LogP contribution is 2.21. The molecule has 0 spiro atoms. The molecule has 1 N–H and O–H groups in total. The highest BCUT2D eigenvalue weighted by Gasteiger charge is 2.29. The van der Waals surface area contributed by atoms with Gasteiger partial charge < -0.3 is 5.32 Å². The zero-order chi connectivity index (χ0) is 11.4. The fourth-order valence-electron chi connectivity index (χ4n) is 3.12. The first-order chi connectivity index (χ1) is 7.83. The van der Waals surface area contributed by atoms with E-state index in [-0.39, 0.29) is 0 Å². The van der Waals surface area contributed by atoms with Crippen LogP contribution in [0.3, 0.4) is 0 Å². The van der Waals surface area contributed by atoms with E-state index in [1.165, 1.54) is 58.4 Å². The van der Waals surface area contributed by atoms with Gasteiger partial charge in [0.05, 0.1) is 0 Å². The number of fused-ring (bicyclic) bond motifs is 1. The van der Waals surface area contributed by atoms with E-state index in [0.29, 0.717) is 6.04 Å². The predicted octanol–water partition coefficient (Wildman–Crippen LogP) is 1.15. The van der Waals surface area contributed by atoms with E-state index in [2.05, 4.69) is 29.1 Å². The molecule has 2 aliphatic rings. The van der Waals surface area contributed by atoms with Gasteiger partial charge in [0.1, 0.15) is 0 Å². The normalized spacial score (nSPS) is 30.0. The summed E-state index contributed by atoms with van der Waals surface area (Å²) in [6, 6.07) is 1.53. The van der Waals surface area contributed by atoms with Gasteiger partial charge in [0.25, 0.3) is 0 Å². The van der Waals surface area contributed by atoms with Crippen molar-refractivity contribution in [3.05, 3.63) is 0 Å². The molecule has 16 heavy (non-hydrogen) atoms. The van der Waals surface area contributed by atoms with E-state index in [0.717, 1.165) is 6.04 Å². The third-order valence-corrected chi connectivity index (χ3v) is 4.30. The lowest BCUT2D eigenvalue weighted by atomic mass is 9.99. The average Bonchev–Trinajstić information content (AvgIpc) is 2.35. The number of piperidine rings is 1. The molecule has 3 heteroatoms. The minimum Gasteiger partial charge on any atom is -0.316 e.